The van der Waals surface area contributed by atoms with E-state index in [1.807, 2.05) is 11.0 Å². The van der Waals surface area contributed by atoms with E-state index in [0.29, 0.717) is 24.2 Å². The van der Waals surface area contributed by atoms with Crippen LogP contribution in [0.3, 0.4) is 0 Å². The van der Waals surface area contributed by atoms with Crippen LogP contribution in [-0.4, -0.2) is 75.3 Å². The second-order valence-corrected chi connectivity index (χ2v) is 6.86. The summed E-state index contributed by atoms with van der Waals surface area (Å²) >= 11 is 0. The molecule has 0 aromatic carbocycles. The molecule has 25 heavy (non-hydrogen) atoms. The predicted molar refractivity (Wildman–Crippen MR) is 91.4 cm³/mol. The highest BCUT2D eigenvalue weighted by Gasteiger charge is 2.36. The van der Waals surface area contributed by atoms with E-state index in [2.05, 4.69) is 16.9 Å². The number of aromatic nitrogens is 3. The molecule has 2 aliphatic rings. The first-order chi connectivity index (χ1) is 12.1. The highest BCUT2D eigenvalue weighted by molar-refractivity contribution is 5.76. The standard InChI is InChI=1S/C17H23N5O3/c1-13-10-20(11-14(13)19-6-8-25-9-7-19)16(23)12-22-17(24)21-5-3-2-4-15(21)18-22/h2-5,13-14H,6-12H2,1H3/t13-,14-/m0/s1. The largest absolute Gasteiger partial charge is 0.379 e. The van der Waals surface area contributed by atoms with Crippen molar-refractivity contribution in [2.45, 2.75) is 19.5 Å². The minimum absolute atomic E-state index is 0.0108. The highest BCUT2D eigenvalue weighted by Crippen LogP contribution is 2.22. The van der Waals surface area contributed by atoms with Crippen LogP contribution in [0, 0.1) is 5.92 Å². The summed E-state index contributed by atoms with van der Waals surface area (Å²) in [4.78, 5) is 29.3. The summed E-state index contributed by atoms with van der Waals surface area (Å²) in [5, 5.41) is 4.24. The van der Waals surface area contributed by atoms with E-state index >= 15 is 0 Å². The molecule has 8 nitrogen and oxygen atoms in total. The van der Waals surface area contributed by atoms with E-state index in [4.69, 9.17) is 4.74 Å². The van der Waals surface area contributed by atoms with Gasteiger partial charge in [-0.25, -0.2) is 9.48 Å². The van der Waals surface area contributed by atoms with Gasteiger partial charge in [0.1, 0.15) is 6.54 Å². The summed E-state index contributed by atoms with van der Waals surface area (Å²) in [7, 11) is 0. The van der Waals surface area contributed by atoms with Gasteiger partial charge in [-0.15, -0.1) is 5.10 Å². The van der Waals surface area contributed by atoms with Crippen LogP contribution in [0.2, 0.25) is 0 Å². The van der Waals surface area contributed by atoms with Crippen molar-refractivity contribution in [3.8, 4) is 0 Å². The number of fused-ring (bicyclic) bond motifs is 1. The number of nitrogens with zero attached hydrogens (tertiary/aromatic N) is 5. The average Bonchev–Trinajstić information content (AvgIpc) is 3.17. The Hall–Kier alpha value is -2.19. The van der Waals surface area contributed by atoms with Crippen LogP contribution in [0.15, 0.2) is 29.2 Å². The molecule has 2 aliphatic heterocycles. The van der Waals surface area contributed by atoms with Crippen LogP contribution >= 0.6 is 0 Å². The number of hydrogen-bond donors (Lipinski definition) is 0. The summed E-state index contributed by atoms with van der Waals surface area (Å²) in [6, 6.07) is 5.72. The number of likely N-dealkylation sites (tertiary alicyclic amines) is 1. The van der Waals surface area contributed by atoms with Crippen molar-refractivity contribution in [3.05, 3.63) is 34.9 Å². The topological polar surface area (TPSA) is 72.1 Å². The lowest BCUT2D eigenvalue weighted by molar-refractivity contribution is -0.131. The van der Waals surface area contributed by atoms with Gasteiger partial charge in [0.25, 0.3) is 0 Å². The zero-order valence-electron chi connectivity index (χ0n) is 14.4. The molecule has 1 amide bonds. The van der Waals surface area contributed by atoms with Gasteiger partial charge in [-0.3, -0.25) is 14.1 Å². The molecule has 2 aromatic heterocycles. The Bertz CT molecular complexity index is 823. The van der Waals surface area contributed by atoms with Crippen molar-refractivity contribution in [1.82, 2.24) is 24.0 Å². The zero-order valence-corrected chi connectivity index (χ0v) is 14.4. The van der Waals surface area contributed by atoms with Gasteiger partial charge in [0.2, 0.25) is 5.91 Å². The third-order valence-electron chi connectivity index (χ3n) is 5.21. The van der Waals surface area contributed by atoms with Crippen molar-refractivity contribution < 1.29 is 9.53 Å². The second kappa shape index (κ2) is 6.61. The maximum Gasteiger partial charge on any atom is 0.350 e. The van der Waals surface area contributed by atoms with Crippen LogP contribution in [0.25, 0.3) is 5.65 Å². The molecule has 134 valence electrons. The first-order valence-electron chi connectivity index (χ1n) is 8.77. The minimum atomic E-state index is -0.277. The fourth-order valence-electron chi connectivity index (χ4n) is 3.84. The molecule has 4 heterocycles. The summed E-state index contributed by atoms with van der Waals surface area (Å²) in [6.07, 6.45) is 1.66. The van der Waals surface area contributed by atoms with Crippen molar-refractivity contribution in [1.29, 1.82) is 0 Å². The summed E-state index contributed by atoms with van der Waals surface area (Å²) < 4.78 is 8.13. The molecule has 8 heteroatoms. The average molecular weight is 345 g/mol. The molecule has 0 aliphatic carbocycles. The monoisotopic (exact) mass is 345 g/mol. The lowest BCUT2D eigenvalue weighted by Gasteiger charge is -2.33. The Balaban J connectivity index is 1.46. The quantitative estimate of drug-likeness (QED) is 0.762. The van der Waals surface area contributed by atoms with Gasteiger partial charge in [0, 0.05) is 38.4 Å². The van der Waals surface area contributed by atoms with Crippen molar-refractivity contribution in [2.75, 3.05) is 39.4 Å². The normalized spacial score (nSPS) is 24.9. The van der Waals surface area contributed by atoms with E-state index < -0.39 is 0 Å². The third kappa shape index (κ3) is 3.07. The maximum atomic E-state index is 12.7. The van der Waals surface area contributed by atoms with Gasteiger partial charge in [-0.2, -0.15) is 0 Å². The second-order valence-electron chi connectivity index (χ2n) is 6.86. The molecule has 2 saturated heterocycles. The fourth-order valence-corrected chi connectivity index (χ4v) is 3.84. The molecule has 0 radical (unpaired) electrons. The molecular formula is C17H23N5O3. The number of pyridine rings is 1. The number of morpholine rings is 1. The van der Waals surface area contributed by atoms with Gasteiger partial charge in [0.05, 0.1) is 13.2 Å². The number of carbonyl (C=O) groups excluding carboxylic acids is 1. The Labute approximate surface area is 145 Å². The SMILES string of the molecule is C[C@H]1CN(C(=O)Cn2nc3ccccn3c2=O)C[C@@H]1N1CCOCC1. The summed E-state index contributed by atoms with van der Waals surface area (Å²) in [5.41, 5.74) is 0.280. The zero-order chi connectivity index (χ0) is 17.4. The van der Waals surface area contributed by atoms with Gasteiger partial charge < -0.3 is 9.64 Å². The molecule has 0 saturated carbocycles. The molecule has 2 atom stereocenters. The number of amides is 1. The van der Waals surface area contributed by atoms with Crippen LogP contribution < -0.4 is 5.69 Å². The molecule has 0 bridgehead atoms. The van der Waals surface area contributed by atoms with Gasteiger partial charge in [-0.05, 0) is 18.1 Å². The lowest BCUT2D eigenvalue weighted by Crippen LogP contribution is -2.47. The first-order valence-corrected chi connectivity index (χ1v) is 8.77. The lowest BCUT2D eigenvalue weighted by atomic mass is 10.0. The molecule has 0 unspecified atom stereocenters. The van der Waals surface area contributed by atoms with Crippen LogP contribution in [-0.2, 0) is 16.1 Å². The molecular weight excluding hydrogens is 322 g/mol. The van der Waals surface area contributed by atoms with E-state index in [1.54, 1.807) is 18.3 Å². The summed E-state index contributed by atoms with van der Waals surface area (Å²) in [5.74, 6) is 0.368. The maximum absolute atomic E-state index is 12.7. The number of ether oxygens (including phenoxy) is 1. The van der Waals surface area contributed by atoms with E-state index in [9.17, 15) is 9.59 Å². The molecule has 0 N–H and O–H groups in total. The minimum Gasteiger partial charge on any atom is -0.379 e. The molecule has 2 fully saturated rings. The molecule has 0 spiro atoms. The first kappa shape index (κ1) is 16.3. The Kier molecular flexibility index (Phi) is 4.30. The van der Waals surface area contributed by atoms with Gasteiger partial charge in [0.15, 0.2) is 5.65 Å². The molecule has 4 rings (SSSR count). The number of hydrogen-bond acceptors (Lipinski definition) is 5. The highest BCUT2D eigenvalue weighted by atomic mass is 16.5. The third-order valence-corrected chi connectivity index (χ3v) is 5.21. The Morgan fingerprint density at radius 3 is 2.84 bits per heavy atom. The van der Waals surface area contributed by atoms with Crippen molar-refractivity contribution >= 4 is 11.6 Å². The van der Waals surface area contributed by atoms with E-state index in [1.165, 1.54) is 9.08 Å². The molecule has 2 aromatic rings. The van der Waals surface area contributed by atoms with Gasteiger partial charge >= 0.3 is 5.69 Å². The predicted octanol–water partition coefficient (Wildman–Crippen LogP) is -0.325. The van der Waals surface area contributed by atoms with E-state index in [-0.39, 0.29) is 18.1 Å². The van der Waals surface area contributed by atoms with E-state index in [0.717, 1.165) is 32.8 Å². The Morgan fingerprint density at radius 2 is 2.08 bits per heavy atom. The van der Waals surface area contributed by atoms with Crippen molar-refractivity contribution in [3.63, 3.8) is 0 Å². The van der Waals surface area contributed by atoms with Crippen molar-refractivity contribution in [2.24, 2.45) is 5.92 Å². The fraction of sp³-hybridized carbons (Fsp3) is 0.588. The van der Waals surface area contributed by atoms with Gasteiger partial charge in [-0.1, -0.05) is 13.0 Å². The summed E-state index contributed by atoms with van der Waals surface area (Å²) in [6.45, 7) is 6.96. The van der Waals surface area contributed by atoms with Crippen LogP contribution in [0.1, 0.15) is 6.92 Å². The van der Waals surface area contributed by atoms with Crippen LogP contribution in [0.5, 0.6) is 0 Å². The number of rotatable bonds is 3. The Morgan fingerprint density at radius 1 is 1.28 bits per heavy atom. The number of carbonyl (C=O) groups is 1. The smallest absolute Gasteiger partial charge is 0.350 e. The van der Waals surface area contributed by atoms with Crippen LogP contribution in [0.4, 0.5) is 0 Å².